The van der Waals surface area contributed by atoms with Crippen molar-refractivity contribution in [3.05, 3.63) is 59.4 Å². The molecule has 2 aromatic carbocycles. The largest absolute Gasteiger partial charge is 0.342 e. The Morgan fingerprint density at radius 1 is 1.12 bits per heavy atom. The summed E-state index contributed by atoms with van der Waals surface area (Å²) in [5, 5.41) is 6.01. The van der Waals surface area contributed by atoms with Gasteiger partial charge in [0.2, 0.25) is 11.8 Å². The van der Waals surface area contributed by atoms with E-state index in [1.807, 2.05) is 4.90 Å². The first kappa shape index (κ1) is 23.0. The summed E-state index contributed by atoms with van der Waals surface area (Å²) in [7, 11) is 0. The zero-order valence-corrected chi connectivity index (χ0v) is 18.9. The molecule has 2 aromatic rings. The molecule has 2 fully saturated rings. The fourth-order valence-electron chi connectivity index (χ4n) is 4.41. The molecule has 2 atom stereocenters. The third-order valence-corrected chi connectivity index (χ3v) is 6.33. The molecule has 4 rings (SSSR count). The van der Waals surface area contributed by atoms with Crippen LogP contribution in [0, 0.1) is 17.7 Å². The van der Waals surface area contributed by atoms with Crippen molar-refractivity contribution in [2.24, 2.45) is 11.8 Å². The van der Waals surface area contributed by atoms with Crippen LogP contribution in [0.1, 0.15) is 19.3 Å². The van der Waals surface area contributed by atoms with Crippen LogP contribution in [-0.4, -0.2) is 48.9 Å². The average Bonchev–Trinajstić information content (AvgIpc) is 3.19. The standard InChI is InChI=1S/C24H26ClFN4O3/c25-18-6-8-21(9-7-18)30-15-17(11-22(30)31)23(32)29-10-2-3-16(14-29)13-27-24(33)28-20-5-1-4-19(26)12-20/h1,4-9,12,16-17H,2-3,10-11,13-15H2,(H2,27,28,33). The van der Waals surface area contributed by atoms with Crippen molar-refractivity contribution in [2.45, 2.75) is 19.3 Å². The SMILES string of the molecule is O=C(NCC1CCCN(C(=O)C2CC(=O)N(c3ccc(Cl)cc3)C2)C1)Nc1cccc(F)c1. The van der Waals surface area contributed by atoms with E-state index < -0.39 is 11.8 Å². The lowest BCUT2D eigenvalue weighted by atomic mass is 9.96. The van der Waals surface area contributed by atoms with Gasteiger partial charge in [0.15, 0.2) is 0 Å². The van der Waals surface area contributed by atoms with E-state index in [9.17, 15) is 18.8 Å². The highest BCUT2D eigenvalue weighted by molar-refractivity contribution is 6.30. The van der Waals surface area contributed by atoms with E-state index in [1.165, 1.54) is 18.2 Å². The van der Waals surface area contributed by atoms with E-state index in [2.05, 4.69) is 10.6 Å². The van der Waals surface area contributed by atoms with Gasteiger partial charge in [0, 0.05) is 49.0 Å². The summed E-state index contributed by atoms with van der Waals surface area (Å²) in [6.07, 6.45) is 1.92. The monoisotopic (exact) mass is 472 g/mol. The Balaban J connectivity index is 1.28. The molecule has 33 heavy (non-hydrogen) atoms. The van der Waals surface area contributed by atoms with Crippen LogP contribution in [0.4, 0.5) is 20.6 Å². The molecular formula is C24H26ClFN4O3. The fourth-order valence-corrected chi connectivity index (χ4v) is 4.54. The summed E-state index contributed by atoms with van der Waals surface area (Å²) in [4.78, 5) is 41.2. The highest BCUT2D eigenvalue weighted by Gasteiger charge is 2.38. The van der Waals surface area contributed by atoms with Crippen molar-refractivity contribution in [1.82, 2.24) is 10.2 Å². The van der Waals surface area contributed by atoms with Crippen LogP contribution < -0.4 is 15.5 Å². The van der Waals surface area contributed by atoms with Gasteiger partial charge in [-0.3, -0.25) is 9.59 Å². The zero-order chi connectivity index (χ0) is 23.4. The number of benzene rings is 2. The number of nitrogens with zero attached hydrogens (tertiary/aromatic N) is 2. The van der Waals surface area contributed by atoms with Gasteiger partial charge in [-0.05, 0) is 61.2 Å². The number of urea groups is 1. The molecule has 0 spiro atoms. The third-order valence-electron chi connectivity index (χ3n) is 6.08. The number of hydrogen-bond donors (Lipinski definition) is 2. The molecule has 2 aliphatic rings. The van der Waals surface area contributed by atoms with E-state index in [0.29, 0.717) is 36.9 Å². The number of halogens is 2. The van der Waals surface area contributed by atoms with Gasteiger partial charge >= 0.3 is 6.03 Å². The summed E-state index contributed by atoms with van der Waals surface area (Å²) < 4.78 is 13.3. The van der Waals surface area contributed by atoms with Crippen molar-refractivity contribution >= 4 is 40.8 Å². The van der Waals surface area contributed by atoms with Crippen molar-refractivity contribution in [2.75, 3.05) is 36.4 Å². The van der Waals surface area contributed by atoms with E-state index in [4.69, 9.17) is 11.6 Å². The molecule has 4 amide bonds. The van der Waals surface area contributed by atoms with Gasteiger partial charge in [0.05, 0.1) is 5.92 Å². The maximum atomic E-state index is 13.3. The molecule has 0 saturated carbocycles. The predicted octanol–water partition coefficient (Wildman–Crippen LogP) is 3.89. The lowest BCUT2D eigenvalue weighted by molar-refractivity contribution is -0.137. The molecule has 174 valence electrons. The Labute approximate surface area is 196 Å². The molecule has 2 N–H and O–H groups in total. The highest BCUT2D eigenvalue weighted by atomic mass is 35.5. The summed E-state index contributed by atoms with van der Waals surface area (Å²) >= 11 is 5.93. The van der Waals surface area contributed by atoms with E-state index in [0.717, 1.165) is 18.5 Å². The summed E-state index contributed by atoms with van der Waals surface area (Å²) in [6.45, 7) is 1.95. The van der Waals surface area contributed by atoms with Crippen LogP contribution in [0.15, 0.2) is 48.5 Å². The number of amides is 4. The van der Waals surface area contributed by atoms with Crippen LogP contribution in [0.2, 0.25) is 5.02 Å². The molecule has 2 saturated heterocycles. The van der Waals surface area contributed by atoms with Gasteiger partial charge in [-0.2, -0.15) is 0 Å². The number of anilines is 2. The number of carbonyl (C=O) groups is 3. The Hall–Kier alpha value is -3.13. The Kier molecular flexibility index (Phi) is 7.13. The molecule has 2 heterocycles. The van der Waals surface area contributed by atoms with Crippen molar-refractivity contribution in [1.29, 1.82) is 0 Å². The van der Waals surface area contributed by atoms with Crippen molar-refractivity contribution in [3.8, 4) is 0 Å². The zero-order valence-electron chi connectivity index (χ0n) is 18.1. The number of piperidine rings is 1. The second-order valence-electron chi connectivity index (χ2n) is 8.52. The van der Waals surface area contributed by atoms with Gasteiger partial charge < -0.3 is 20.4 Å². The van der Waals surface area contributed by atoms with Gasteiger partial charge in [-0.15, -0.1) is 0 Å². The van der Waals surface area contributed by atoms with Crippen LogP contribution >= 0.6 is 11.6 Å². The topological polar surface area (TPSA) is 81.8 Å². The molecular weight excluding hydrogens is 447 g/mol. The van der Waals surface area contributed by atoms with Crippen LogP contribution in [0.5, 0.6) is 0 Å². The minimum absolute atomic E-state index is 0.0197. The fraction of sp³-hybridized carbons (Fsp3) is 0.375. The van der Waals surface area contributed by atoms with Gasteiger partial charge in [-0.1, -0.05) is 17.7 Å². The van der Waals surface area contributed by atoms with E-state index in [1.54, 1.807) is 35.2 Å². The number of nitrogens with one attached hydrogen (secondary N) is 2. The number of rotatable bonds is 5. The van der Waals surface area contributed by atoms with Crippen LogP contribution in [0.25, 0.3) is 0 Å². The molecule has 2 unspecified atom stereocenters. The predicted molar refractivity (Wildman–Crippen MR) is 125 cm³/mol. The average molecular weight is 473 g/mol. The normalized spacial score (nSPS) is 20.6. The lowest BCUT2D eigenvalue weighted by Gasteiger charge is -2.34. The second-order valence-corrected chi connectivity index (χ2v) is 8.96. The Morgan fingerprint density at radius 3 is 2.67 bits per heavy atom. The smallest absolute Gasteiger partial charge is 0.319 e. The van der Waals surface area contributed by atoms with E-state index in [-0.39, 0.29) is 30.1 Å². The molecule has 9 heteroatoms. The molecule has 0 bridgehead atoms. The molecule has 0 radical (unpaired) electrons. The van der Waals surface area contributed by atoms with Crippen LogP contribution in [0.3, 0.4) is 0 Å². The maximum absolute atomic E-state index is 13.3. The Bertz CT molecular complexity index is 1030. The van der Waals surface area contributed by atoms with Crippen molar-refractivity contribution in [3.63, 3.8) is 0 Å². The van der Waals surface area contributed by atoms with Gasteiger partial charge in [0.1, 0.15) is 5.82 Å². The second kappa shape index (κ2) is 10.2. The maximum Gasteiger partial charge on any atom is 0.319 e. The number of carbonyl (C=O) groups excluding carboxylic acids is 3. The number of likely N-dealkylation sites (tertiary alicyclic amines) is 1. The highest BCUT2D eigenvalue weighted by Crippen LogP contribution is 2.28. The number of hydrogen-bond acceptors (Lipinski definition) is 3. The molecule has 0 aliphatic carbocycles. The first-order valence-corrected chi connectivity index (χ1v) is 11.4. The van der Waals surface area contributed by atoms with Crippen LogP contribution in [-0.2, 0) is 9.59 Å². The summed E-state index contributed by atoms with van der Waals surface area (Å²) in [5.74, 6) is -0.774. The summed E-state index contributed by atoms with van der Waals surface area (Å²) in [5.41, 5.74) is 1.12. The summed E-state index contributed by atoms with van der Waals surface area (Å²) in [6, 6.07) is 12.3. The Morgan fingerprint density at radius 2 is 1.91 bits per heavy atom. The molecule has 7 nitrogen and oxygen atoms in total. The third kappa shape index (κ3) is 5.82. The minimum atomic E-state index is -0.422. The van der Waals surface area contributed by atoms with E-state index >= 15 is 0 Å². The molecule has 2 aliphatic heterocycles. The lowest BCUT2D eigenvalue weighted by Crippen LogP contribution is -2.46. The van der Waals surface area contributed by atoms with Gasteiger partial charge in [0.25, 0.3) is 0 Å². The first-order chi connectivity index (χ1) is 15.9. The molecule has 0 aromatic heterocycles. The first-order valence-electron chi connectivity index (χ1n) is 11.0. The minimum Gasteiger partial charge on any atom is -0.342 e. The van der Waals surface area contributed by atoms with Crippen molar-refractivity contribution < 1.29 is 18.8 Å². The quantitative estimate of drug-likeness (QED) is 0.692. The van der Waals surface area contributed by atoms with Gasteiger partial charge in [-0.25, -0.2) is 9.18 Å².